The molecule has 1 aromatic heterocycles. The van der Waals surface area contributed by atoms with Gasteiger partial charge in [-0.05, 0) is 73.2 Å². The molecule has 3 aromatic rings. The largest absolute Gasteiger partial charge is 0.372 e. The van der Waals surface area contributed by atoms with Crippen molar-refractivity contribution in [1.82, 2.24) is 10.3 Å². The number of rotatable bonds is 8. The van der Waals surface area contributed by atoms with Gasteiger partial charge in [-0.1, -0.05) is 18.2 Å². The van der Waals surface area contributed by atoms with Gasteiger partial charge < -0.3 is 20.9 Å². The van der Waals surface area contributed by atoms with Crippen LogP contribution in [0.4, 0.5) is 5.69 Å². The molecule has 1 amide bonds. The second kappa shape index (κ2) is 9.14. The van der Waals surface area contributed by atoms with Crippen molar-refractivity contribution < 1.29 is 4.79 Å². The third-order valence-corrected chi connectivity index (χ3v) is 5.78. The number of H-pyrrole nitrogens is 1. The Balaban J connectivity index is 1.27. The van der Waals surface area contributed by atoms with Gasteiger partial charge in [0, 0.05) is 48.8 Å². The molecule has 152 valence electrons. The van der Waals surface area contributed by atoms with Crippen LogP contribution in [0.5, 0.6) is 0 Å². The van der Waals surface area contributed by atoms with E-state index in [2.05, 4.69) is 57.7 Å². The fraction of sp³-hybridized carbons (Fsp3) is 0.375. The average Bonchev–Trinajstić information content (AvgIpc) is 3.42. The number of aromatic nitrogens is 1. The summed E-state index contributed by atoms with van der Waals surface area (Å²) in [6.07, 6.45) is 6.69. The quantitative estimate of drug-likeness (QED) is 0.551. The predicted molar refractivity (Wildman–Crippen MR) is 119 cm³/mol. The molecule has 2 heterocycles. The summed E-state index contributed by atoms with van der Waals surface area (Å²) in [6.45, 7) is 3.52. The topological polar surface area (TPSA) is 74.1 Å². The lowest BCUT2D eigenvalue weighted by atomic mass is 10.0. The minimum absolute atomic E-state index is 0.0879. The maximum Gasteiger partial charge on any atom is 0.220 e. The molecule has 2 aromatic carbocycles. The summed E-state index contributed by atoms with van der Waals surface area (Å²) in [5.74, 6) is 0.0879. The lowest BCUT2D eigenvalue weighted by molar-refractivity contribution is -0.121. The first-order valence-corrected chi connectivity index (χ1v) is 10.6. The van der Waals surface area contributed by atoms with E-state index >= 15 is 0 Å². The van der Waals surface area contributed by atoms with Gasteiger partial charge in [-0.25, -0.2) is 0 Å². The number of amides is 1. The number of hydrogen-bond acceptors (Lipinski definition) is 3. The summed E-state index contributed by atoms with van der Waals surface area (Å²) >= 11 is 0. The highest BCUT2D eigenvalue weighted by Crippen LogP contribution is 2.22. The zero-order chi connectivity index (χ0) is 20.1. The van der Waals surface area contributed by atoms with E-state index in [-0.39, 0.29) is 5.91 Å². The number of aromatic amines is 1. The SMILES string of the molecule is NCCc1c[nH]c2ccc(CCC(=O)NCc3ccc(N4CCCC4)cc3)cc12. The second-order valence-corrected chi connectivity index (χ2v) is 7.87. The highest BCUT2D eigenvalue weighted by Gasteiger charge is 2.12. The van der Waals surface area contributed by atoms with Crippen molar-refractivity contribution in [2.24, 2.45) is 5.73 Å². The predicted octanol–water partition coefficient (Wildman–Crippen LogP) is 3.52. The number of nitrogens with zero attached hydrogens (tertiary/aromatic N) is 1. The zero-order valence-corrected chi connectivity index (χ0v) is 16.9. The van der Waals surface area contributed by atoms with E-state index < -0.39 is 0 Å². The molecule has 0 unspecified atom stereocenters. The van der Waals surface area contributed by atoms with Crippen molar-refractivity contribution in [3.63, 3.8) is 0 Å². The van der Waals surface area contributed by atoms with Gasteiger partial charge in [0.2, 0.25) is 5.91 Å². The zero-order valence-electron chi connectivity index (χ0n) is 16.9. The third-order valence-electron chi connectivity index (χ3n) is 5.78. The molecule has 1 fully saturated rings. The van der Waals surface area contributed by atoms with Crippen molar-refractivity contribution >= 4 is 22.5 Å². The van der Waals surface area contributed by atoms with Gasteiger partial charge in [0.25, 0.3) is 0 Å². The van der Waals surface area contributed by atoms with Crippen LogP contribution in [0.1, 0.15) is 36.0 Å². The lowest BCUT2D eigenvalue weighted by Crippen LogP contribution is -2.23. The van der Waals surface area contributed by atoms with Crippen LogP contribution in [0.25, 0.3) is 10.9 Å². The van der Waals surface area contributed by atoms with E-state index in [4.69, 9.17) is 5.73 Å². The molecule has 4 rings (SSSR count). The Morgan fingerprint density at radius 3 is 2.55 bits per heavy atom. The molecule has 5 heteroatoms. The van der Waals surface area contributed by atoms with E-state index in [9.17, 15) is 4.79 Å². The number of aryl methyl sites for hydroxylation is 1. The van der Waals surface area contributed by atoms with Crippen LogP contribution in [0, 0.1) is 0 Å². The van der Waals surface area contributed by atoms with E-state index in [1.54, 1.807) is 0 Å². The van der Waals surface area contributed by atoms with Crippen molar-refractivity contribution in [2.45, 2.75) is 38.6 Å². The Labute approximate surface area is 172 Å². The lowest BCUT2D eigenvalue weighted by Gasteiger charge is -2.17. The molecule has 1 aliphatic rings. The highest BCUT2D eigenvalue weighted by molar-refractivity contribution is 5.84. The van der Waals surface area contributed by atoms with Crippen LogP contribution in [-0.2, 0) is 24.2 Å². The number of benzene rings is 2. The van der Waals surface area contributed by atoms with Crippen molar-refractivity contribution in [2.75, 3.05) is 24.5 Å². The molecule has 0 aliphatic carbocycles. The summed E-state index contributed by atoms with van der Waals surface area (Å²) in [7, 11) is 0. The van der Waals surface area contributed by atoms with Gasteiger partial charge in [0.15, 0.2) is 0 Å². The van der Waals surface area contributed by atoms with E-state index in [0.29, 0.717) is 19.5 Å². The van der Waals surface area contributed by atoms with Gasteiger partial charge in [0.1, 0.15) is 0 Å². The van der Waals surface area contributed by atoms with Crippen LogP contribution in [0.2, 0.25) is 0 Å². The second-order valence-electron chi connectivity index (χ2n) is 7.87. The smallest absolute Gasteiger partial charge is 0.220 e. The Morgan fingerprint density at radius 2 is 1.79 bits per heavy atom. The first kappa shape index (κ1) is 19.5. The average molecular weight is 391 g/mol. The number of nitrogens with two attached hydrogens (primary N) is 1. The maximum atomic E-state index is 12.3. The van der Waals surface area contributed by atoms with E-state index in [1.165, 1.54) is 35.0 Å². The molecular weight excluding hydrogens is 360 g/mol. The van der Waals surface area contributed by atoms with Crippen LogP contribution >= 0.6 is 0 Å². The number of carbonyl (C=O) groups excluding carboxylic acids is 1. The van der Waals surface area contributed by atoms with Gasteiger partial charge >= 0.3 is 0 Å². The third kappa shape index (κ3) is 4.80. The van der Waals surface area contributed by atoms with Crippen LogP contribution < -0.4 is 16.0 Å². The van der Waals surface area contributed by atoms with Crippen LogP contribution in [0.3, 0.4) is 0 Å². The first-order chi connectivity index (χ1) is 14.2. The molecule has 29 heavy (non-hydrogen) atoms. The Kier molecular flexibility index (Phi) is 6.15. The Bertz CT molecular complexity index is 955. The van der Waals surface area contributed by atoms with Crippen molar-refractivity contribution in [1.29, 1.82) is 0 Å². The van der Waals surface area contributed by atoms with Gasteiger partial charge in [-0.15, -0.1) is 0 Å². The molecule has 0 spiro atoms. The molecule has 0 bridgehead atoms. The van der Waals surface area contributed by atoms with Gasteiger partial charge in [-0.2, -0.15) is 0 Å². The molecule has 1 saturated heterocycles. The molecule has 0 atom stereocenters. The summed E-state index contributed by atoms with van der Waals surface area (Å²) in [5, 5.41) is 4.26. The molecule has 0 saturated carbocycles. The van der Waals surface area contributed by atoms with Gasteiger partial charge in [0.05, 0.1) is 0 Å². The number of carbonyl (C=O) groups is 1. The van der Waals surface area contributed by atoms with Crippen LogP contribution in [-0.4, -0.2) is 30.5 Å². The summed E-state index contributed by atoms with van der Waals surface area (Å²) < 4.78 is 0. The summed E-state index contributed by atoms with van der Waals surface area (Å²) in [6, 6.07) is 14.9. The minimum Gasteiger partial charge on any atom is -0.372 e. The Morgan fingerprint density at radius 1 is 1.03 bits per heavy atom. The van der Waals surface area contributed by atoms with E-state index in [1.807, 2.05) is 6.20 Å². The molecular formula is C24H30N4O. The van der Waals surface area contributed by atoms with Crippen LogP contribution in [0.15, 0.2) is 48.7 Å². The number of hydrogen-bond donors (Lipinski definition) is 3. The highest BCUT2D eigenvalue weighted by atomic mass is 16.1. The number of nitrogens with one attached hydrogen (secondary N) is 2. The fourth-order valence-electron chi connectivity index (χ4n) is 4.09. The number of anilines is 1. The minimum atomic E-state index is 0.0879. The molecule has 5 nitrogen and oxygen atoms in total. The maximum absolute atomic E-state index is 12.3. The molecule has 0 radical (unpaired) electrons. The fourth-order valence-corrected chi connectivity index (χ4v) is 4.09. The van der Waals surface area contributed by atoms with Crippen molar-refractivity contribution in [3.05, 3.63) is 65.4 Å². The van der Waals surface area contributed by atoms with Gasteiger partial charge in [-0.3, -0.25) is 4.79 Å². The number of fused-ring (bicyclic) bond motifs is 1. The molecule has 1 aliphatic heterocycles. The van der Waals surface area contributed by atoms with E-state index in [0.717, 1.165) is 37.0 Å². The van der Waals surface area contributed by atoms with Crippen molar-refractivity contribution in [3.8, 4) is 0 Å². The first-order valence-electron chi connectivity index (χ1n) is 10.6. The molecule has 4 N–H and O–H groups in total. The summed E-state index contributed by atoms with van der Waals surface area (Å²) in [5.41, 5.74) is 11.7. The normalized spacial score (nSPS) is 13.9. The Hall–Kier alpha value is -2.79. The monoisotopic (exact) mass is 390 g/mol. The standard InChI is InChI=1S/C24H30N4O/c25-12-11-20-17-26-23-9-5-18(15-22(20)23)6-10-24(29)27-16-19-3-7-21(8-4-19)28-13-1-2-14-28/h3-5,7-9,15,17,26H,1-2,6,10-14,16,25H2,(H,27,29). The summed E-state index contributed by atoms with van der Waals surface area (Å²) in [4.78, 5) is 18.0.